The van der Waals surface area contributed by atoms with Crippen molar-refractivity contribution in [1.29, 1.82) is 5.26 Å². The number of piperazine rings is 1. The van der Waals surface area contributed by atoms with Crippen LogP contribution in [0.5, 0.6) is 0 Å². The normalized spacial score (nSPS) is 16.6. The van der Waals surface area contributed by atoms with Gasteiger partial charge in [-0.3, -0.25) is 4.90 Å². The van der Waals surface area contributed by atoms with Crippen molar-refractivity contribution in [3.8, 4) is 6.07 Å². The van der Waals surface area contributed by atoms with Gasteiger partial charge in [0.25, 0.3) is 0 Å². The molecule has 1 aliphatic rings. The van der Waals surface area contributed by atoms with Gasteiger partial charge >= 0.3 is 0 Å². The van der Waals surface area contributed by atoms with Gasteiger partial charge in [-0.2, -0.15) is 5.26 Å². The first-order valence-corrected chi connectivity index (χ1v) is 6.26. The predicted octanol–water partition coefficient (Wildman–Crippen LogP) is 0.721. The molecule has 96 valence electrons. The molecular weight excluding hydrogens is 252 g/mol. The van der Waals surface area contributed by atoms with E-state index in [9.17, 15) is 0 Å². The summed E-state index contributed by atoms with van der Waals surface area (Å²) in [4.78, 5) is 8.56. The van der Waals surface area contributed by atoms with Crippen molar-refractivity contribution in [2.45, 2.75) is 0 Å². The van der Waals surface area contributed by atoms with E-state index < -0.39 is 0 Å². The van der Waals surface area contributed by atoms with E-state index >= 15 is 0 Å². The largest absolute Gasteiger partial charge is 0.395 e. The molecule has 1 saturated heterocycles. The molecule has 2 heterocycles. The molecule has 2 rings (SSSR count). The number of nitrogens with zero attached hydrogens (tertiary/aromatic N) is 4. The number of pyridine rings is 1. The molecule has 0 saturated carbocycles. The number of β-amino-alcohol motifs (C(OH)–C–C–N with tert-alkyl or cyclic N) is 1. The lowest BCUT2D eigenvalue weighted by atomic mass is 10.2. The molecule has 0 aromatic carbocycles. The fourth-order valence-corrected chi connectivity index (χ4v) is 2.26. The fraction of sp³-hybridized carbons (Fsp3) is 0.500. The zero-order chi connectivity index (χ0) is 13.0. The van der Waals surface area contributed by atoms with Crippen LogP contribution >= 0.6 is 11.6 Å². The number of aromatic nitrogens is 1. The molecule has 1 N–H and O–H groups in total. The van der Waals surface area contributed by atoms with Crippen molar-refractivity contribution >= 4 is 17.4 Å². The molecule has 1 fully saturated rings. The third kappa shape index (κ3) is 3.10. The summed E-state index contributed by atoms with van der Waals surface area (Å²) in [5.41, 5.74) is 0.530. The van der Waals surface area contributed by atoms with Crippen LogP contribution in [-0.2, 0) is 0 Å². The number of rotatable bonds is 3. The highest BCUT2D eigenvalue weighted by atomic mass is 35.5. The minimum absolute atomic E-state index is 0.188. The standard InChI is InChI=1S/C12H15ClN4O/c13-11-7-10(9-14)8-12(15-11)17-3-1-16(2-4-17)5-6-18/h7-8,18H,1-6H2. The van der Waals surface area contributed by atoms with E-state index in [-0.39, 0.29) is 6.61 Å². The van der Waals surface area contributed by atoms with Crippen LogP contribution in [0.15, 0.2) is 12.1 Å². The highest BCUT2D eigenvalue weighted by Gasteiger charge is 2.18. The lowest BCUT2D eigenvalue weighted by Gasteiger charge is -2.35. The number of hydrogen-bond acceptors (Lipinski definition) is 5. The third-order valence-electron chi connectivity index (χ3n) is 3.02. The molecule has 0 unspecified atom stereocenters. The highest BCUT2D eigenvalue weighted by Crippen LogP contribution is 2.19. The zero-order valence-corrected chi connectivity index (χ0v) is 10.8. The molecule has 18 heavy (non-hydrogen) atoms. The van der Waals surface area contributed by atoms with E-state index in [0.717, 1.165) is 32.0 Å². The Labute approximate surface area is 111 Å². The smallest absolute Gasteiger partial charge is 0.132 e. The average Bonchev–Trinajstić information content (AvgIpc) is 2.39. The van der Waals surface area contributed by atoms with E-state index in [1.54, 1.807) is 12.1 Å². The van der Waals surface area contributed by atoms with Gasteiger partial charge in [-0.1, -0.05) is 11.6 Å². The first-order chi connectivity index (χ1) is 8.72. The van der Waals surface area contributed by atoms with Crippen molar-refractivity contribution in [1.82, 2.24) is 9.88 Å². The number of hydrogen-bond donors (Lipinski definition) is 1. The maximum atomic E-state index is 8.91. The fourth-order valence-electron chi connectivity index (χ4n) is 2.05. The average molecular weight is 267 g/mol. The van der Waals surface area contributed by atoms with Gasteiger partial charge in [0.05, 0.1) is 18.2 Å². The van der Waals surface area contributed by atoms with Crippen LogP contribution in [0.25, 0.3) is 0 Å². The second kappa shape index (κ2) is 6.01. The molecule has 0 spiro atoms. The molecule has 0 amide bonds. The van der Waals surface area contributed by atoms with Gasteiger partial charge in [0.15, 0.2) is 0 Å². The Kier molecular flexibility index (Phi) is 4.37. The maximum Gasteiger partial charge on any atom is 0.132 e. The van der Waals surface area contributed by atoms with Crippen molar-refractivity contribution in [3.05, 3.63) is 22.8 Å². The molecule has 0 atom stereocenters. The lowest BCUT2D eigenvalue weighted by molar-refractivity contribution is 0.188. The van der Waals surface area contributed by atoms with Gasteiger partial charge in [0.1, 0.15) is 11.0 Å². The predicted molar refractivity (Wildman–Crippen MR) is 69.7 cm³/mol. The molecule has 6 heteroatoms. The molecular formula is C12H15ClN4O. The molecule has 5 nitrogen and oxygen atoms in total. The Morgan fingerprint density at radius 3 is 2.67 bits per heavy atom. The van der Waals surface area contributed by atoms with Crippen molar-refractivity contribution < 1.29 is 5.11 Å². The summed E-state index contributed by atoms with van der Waals surface area (Å²) in [7, 11) is 0. The SMILES string of the molecule is N#Cc1cc(Cl)nc(N2CCN(CCO)CC2)c1. The summed E-state index contributed by atoms with van der Waals surface area (Å²) in [6, 6.07) is 5.40. The minimum atomic E-state index is 0.188. The Morgan fingerprint density at radius 2 is 2.06 bits per heavy atom. The van der Waals surface area contributed by atoms with E-state index in [2.05, 4.69) is 20.9 Å². The molecule has 0 aliphatic carbocycles. The number of halogens is 1. The molecule has 1 aromatic rings. The first kappa shape index (κ1) is 13.1. The first-order valence-electron chi connectivity index (χ1n) is 5.89. The van der Waals surface area contributed by atoms with Crippen LogP contribution in [0.1, 0.15) is 5.56 Å². The second-order valence-corrected chi connectivity index (χ2v) is 4.59. The van der Waals surface area contributed by atoms with Crippen LogP contribution in [-0.4, -0.2) is 54.3 Å². The quantitative estimate of drug-likeness (QED) is 0.817. The van der Waals surface area contributed by atoms with E-state index in [0.29, 0.717) is 17.3 Å². The van der Waals surface area contributed by atoms with E-state index in [1.807, 2.05) is 0 Å². The summed E-state index contributed by atoms with van der Waals surface area (Å²) in [5.74, 6) is 0.752. The minimum Gasteiger partial charge on any atom is -0.395 e. The summed E-state index contributed by atoms with van der Waals surface area (Å²) in [6.45, 7) is 4.33. The van der Waals surface area contributed by atoms with Gasteiger partial charge in [0, 0.05) is 32.7 Å². The van der Waals surface area contributed by atoms with Gasteiger partial charge in [-0.05, 0) is 12.1 Å². The Morgan fingerprint density at radius 1 is 1.33 bits per heavy atom. The van der Waals surface area contributed by atoms with Gasteiger partial charge in [-0.25, -0.2) is 4.98 Å². The highest BCUT2D eigenvalue weighted by molar-refractivity contribution is 6.29. The van der Waals surface area contributed by atoms with Crippen LogP contribution in [0, 0.1) is 11.3 Å². The van der Waals surface area contributed by atoms with Crippen molar-refractivity contribution in [2.24, 2.45) is 0 Å². The maximum absolute atomic E-state index is 8.91. The third-order valence-corrected chi connectivity index (χ3v) is 3.22. The monoisotopic (exact) mass is 266 g/mol. The number of aliphatic hydroxyl groups is 1. The van der Waals surface area contributed by atoms with E-state index in [1.165, 1.54) is 0 Å². The van der Waals surface area contributed by atoms with Gasteiger partial charge in [0.2, 0.25) is 0 Å². The number of aliphatic hydroxyl groups excluding tert-OH is 1. The van der Waals surface area contributed by atoms with Crippen molar-refractivity contribution in [2.75, 3.05) is 44.2 Å². The van der Waals surface area contributed by atoms with Crippen molar-refractivity contribution in [3.63, 3.8) is 0 Å². The summed E-state index contributed by atoms with van der Waals surface area (Å²) in [5, 5.41) is 18.1. The Balaban J connectivity index is 2.05. The van der Waals surface area contributed by atoms with E-state index in [4.69, 9.17) is 22.0 Å². The molecule has 0 bridgehead atoms. The second-order valence-electron chi connectivity index (χ2n) is 4.20. The Hall–Kier alpha value is -1.35. The van der Waals surface area contributed by atoms with Crippen LogP contribution < -0.4 is 4.90 Å². The summed E-state index contributed by atoms with van der Waals surface area (Å²) >= 11 is 5.89. The van der Waals surface area contributed by atoms with Crippen LogP contribution in [0.2, 0.25) is 5.15 Å². The number of nitriles is 1. The van der Waals surface area contributed by atoms with Gasteiger partial charge < -0.3 is 10.0 Å². The number of anilines is 1. The zero-order valence-electron chi connectivity index (χ0n) is 10.0. The van der Waals surface area contributed by atoms with Crippen LogP contribution in [0.3, 0.4) is 0 Å². The molecule has 1 aromatic heterocycles. The molecule has 1 aliphatic heterocycles. The Bertz CT molecular complexity index is 452. The van der Waals surface area contributed by atoms with Crippen LogP contribution in [0.4, 0.5) is 5.82 Å². The molecule has 0 radical (unpaired) electrons. The summed E-state index contributed by atoms with van der Waals surface area (Å²) < 4.78 is 0. The topological polar surface area (TPSA) is 63.4 Å². The van der Waals surface area contributed by atoms with Gasteiger partial charge in [-0.15, -0.1) is 0 Å². The summed E-state index contributed by atoms with van der Waals surface area (Å²) in [6.07, 6.45) is 0. The lowest BCUT2D eigenvalue weighted by Crippen LogP contribution is -2.47.